The zero-order chi connectivity index (χ0) is 10.3. The van der Waals surface area contributed by atoms with Crippen molar-refractivity contribution in [3.63, 3.8) is 0 Å². The van der Waals surface area contributed by atoms with Gasteiger partial charge in [0.15, 0.2) is 0 Å². The molecule has 0 radical (unpaired) electrons. The van der Waals surface area contributed by atoms with Crippen LogP contribution in [0.3, 0.4) is 0 Å². The summed E-state index contributed by atoms with van der Waals surface area (Å²) in [5, 5.41) is 1.19. The van der Waals surface area contributed by atoms with Crippen LogP contribution in [-0.2, 0) is 5.41 Å². The van der Waals surface area contributed by atoms with Gasteiger partial charge in [0, 0.05) is 22.2 Å². The summed E-state index contributed by atoms with van der Waals surface area (Å²) in [6.07, 6.45) is 0. The van der Waals surface area contributed by atoms with Gasteiger partial charge >= 0.3 is 0 Å². The van der Waals surface area contributed by atoms with E-state index in [1.807, 2.05) is 0 Å². The van der Waals surface area contributed by atoms with Gasteiger partial charge in [0.05, 0.1) is 0 Å². The van der Waals surface area contributed by atoms with Gasteiger partial charge in [-0.15, -0.1) is 0 Å². The molecule has 2 aromatic heterocycles. The molecule has 0 fully saturated rings. The Kier molecular flexibility index (Phi) is 1.88. The molecule has 0 saturated carbocycles. The molecule has 1 N–H and O–H groups in total. The number of H-pyrrole nitrogens is 1. The predicted molar refractivity (Wildman–Crippen MR) is 59.5 cm³/mol. The van der Waals surface area contributed by atoms with E-state index < -0.39 is 0 Å². The first-order valence-corrected chi connectivity index (χ1v) is 4.94. The normalized spacial score (nSPS) is 12.3. The van der Waals surface area contributed by atoms with Crippen LogP contribution >= 0.6 is 0 Å². The van der Waals surface area contributed by atoms with Crippen molar-refractivity contribution in [2.45, 2.75) is 33.1 Å². The molecular weight excluding hydrogens is 172 g/mol. The van der Waals surface area contributed by atoms with Crippen molar-refractivity contribution in [3.05, 3.63) is 29.6 Å². The first-order valence-electron chi connectivity index (χ1n) is 4.94. The Morgan fingerprint density at radius 3 is 2.57 bits per heavy atom. The fraction of sp³-hybridized carbons (Fsp3) is 0.417. The van der Waals surface area contributed by atoms with Crippen molar-refractivity contribution in [2.75, 3.05) is 0 Å². The lowest BCUT2D eigenvalue weighted by Crippen LogP contribution is -2.13. The Hall–Kier alpha value is -1.31. The maximum atomic E-state index is 4.61. The lowest BCUT2D eigenvalue weighted by Gasteiger charge is -2.17. The second-order valence-electron chi connectivity index (χ2n) is 4.84. The molecule has 14 heavy (non-hydrogen) atoms. The summed E-state index contributed by atoms with van der Waals surface area (Å²) in [4.78, 5) is 7.87. The lowest BCUT2D eigenvalue weighted by molar-refractivity contribution is 0.571. The first kappa shape index (κ1) is 9.25. The maximum Gasteiger partial charge on any atom is 0.137 e. The van der Waals surface area contributed by atoms with Crippen molar-refractivity contribution in [1.29, 1.82) is 0 Å². The molecule has 0 unspecified atom stereocenters. The molecule has 2 nitrogen and oxygen atoms in total. The van der Waals surface area contributed by atoms with Crippen LogP contribution in [0.25, 0.3) is 11.0 Å². The van der Waals surface area contributed by atoms with Crippen LogP contribution in [0.4, 0.5) is 0 Å². The van der Waals surface area contributed by atoms with E-state index in [1.54, 1.807) is 0 Å². The van der Waals surface area contributed by atoms with Crippen molar-refractivity contribution >= 4 is 11.0 Å². The Bertz CT molecular complexity index is 461. The smallest absolute Gasteiger partial charge is 0.137 e. The molecule has 74 valence electrons. The summed E-state index contributed by atoms with van der Waals surface area (Å²) in [6.45, 7) is 8.59. The number of hydrogen-bond acceptors (Lipinski definition) is 1. The van der Waals surface area contributed by atoms with Gasteiger partial charge < -0.3 is 4.98 Å². The Morgan fingerprint density at radius 1 is 1.21 bits per heavy atom. The minimum absolute atomic E-state index is 0.118. The number of nitrogens with one attached hydrogen (secondary N) is 1. The Labute approximate surface area is 84.4 Å². The van der Waals surface area contributed by atoms with Gasteiger partial charge in [-0.05, 0) is 25.1 Å². The molecule has 0 bridgehead atoms. The molecule has 0 aliphatic heterocycles. The summed E-state index contributed by atoms with van der Waals surface area (Å²) < 4.78 is 0. The van der Waals surface area contributed by atoms with E-state index >= 15 is 0 Å². The number of fused-ring (bicyclic) bond motifs is 1. The first-order chi connectivity index (χ1) is 6.47. The number of pyridine rings is 1. The Morgan fingerprint density at radius 2 is 1.93 bits per heavy atom. The van der Waals surface area contributed by atoms with Crippen LogP contribution in [0.2, 0.25) is 0 Å². The largest absolute Gasteiger partial charge is 0.344 e. The minimum Gasteiger partial charge on any atom is -0.344 e. The molecule has 0 aromatic carbocycles. The number of hydrogen-bond donors (Lipinski definition) is 1. The topological polar surface area (TPSA) is 28.7 Å². The third kappa shape index (κ3) is 1.52. The van der Waals surface area contributed by atoms with Crippen LogP contribution in [0.5, 0.6) is 0 Å². The van der Waals surface area contributed by atoms with Gasteiger partial charge in [-0.25, -0.2) is 4.98 Å². The Balaban J connectivity index is 2.62. The van der Waals surface area contributed by atoms with E-state index in [0.717, 1.165) is 11.3 Å². The second kappa shape index (κ2) is 2.84. The predicted octanol–water partition coefficient (Wildman–Crippen LogP) is 3.17. The van der Waals surface area contributed by atoms with E-state index in [4.69, 9.17) is 0 Å². The van der Waals surface area contributed by atoms with Gasteiger partial charge in [-0.2, -0.15) is 0 Å². The second-order valence-corrected chi connectivity index (χ2v) is 4.84. The summed E-state index contributed by atoms with van der Waals surface area (Å²) in [5.74, 6) is 0. The van der Waals surface area contributed by atoms with Crippen molar-refractivity contribution in [2.24, 2.45) is 0 Å². The van der Waals surface area contributed by atoms with Gasteiger partial charge in [0.25, 0.3) is 0 Å². The molecular formula is C12H16N2. The molecule has 0 aliphatic rings. The summed E-state index contributed by atoms with van der Waals surface area (Å²) in [5.41, 5.74) is 3.41. The standard InChI is InChI=1S/C12H16N2/c1-8-7-9-5-6-10(12(2,3)4)14-11(9)13-8/h5-7H,1-4H3,(H,13,14). The van der Waals surface area contributed by atoms with E-state index in [2.05, 4.69) is 55.9 Å². The fourth-order valence-electron chi connectivity index (χ4n) is 1.56. The van der Waals surface area contributed by atoms with Crippen LogP contribution in [0, 0.1) is 6.92 Å². The number of aromatic nitrogens is 2. The summed E-state index contributed by atoms with van der Waals surface area (Å²) in [7, 11) is 0. The number of aryl methyl sites for hydroxylation is 1. The molecule has 0 amide bonds. The van der Waals surface area contributed by atoms with E-state index in [9.17, 15) is 0 Å². The SMILES string of the molecule is Cc1cc2ccc(C(C)(C)C)nc2[nH]1. The molecule has 0 spiro atoms. The zero-order valence-corrected chi connectivity index (χ0v) is 9.18. The van der Waals surface area contributed by atoms with Crippen molar-refractivity contribution < 1.29 is 0 Å². The number of aromatic amines is 1. The molecule has 2 aromatic rings. The summed E-state index contributed by atoms with van der Waals surface area (Å²) >= 11 is 0. The third-order valence-corrected chi connectivity index (χ3v) is 2.38. The van der Waals surface area contributed by atoms with Crippen LogP contribution in [0.15, 0.2) is 18.2 Å². The van der Waals surface area contributed by atoms with Crippen molar-refractivity contribution in [3.8, 4) is 0 Å². The van der Waals surface area contributed by atoms with Gasteiger partial charge in [0.1, 0.15) is 5.65 Å². The quantitative estimate of drug-likeness (QED) is 0.676. The lowest BCUT2D eigenvalue weighted by atomic mass is 9.91. The van der Waals surface area contributed by atoms with Gasteiger partial charge in [-0.3, -0.25) is 0 Å². The van der Waals surface area contributed by atoms with E-state index in [-0.39, 0.29) is 5.41 Å². The summed E-state index contributed by atoms with van der Waals surface area (Å²) in [6, 6.07) is 6.36. The molecule has 0 saturated heterocycles. The van der Waals surface area contributed by atoms with Crippen molar-refractivity contribution in [1.82, 2.24) is 9.97 Å². The third-order valence-electron chi connectivity index (χ3n) is 2.38. The molecule has 2 heterocycles. The van der Waals surface area contributed by atoms with E-state index in [0.29, 0.717) is 0 Å². The molecule has 2 heteroatoms. The monoisotopic (exact) mass is 188 g/mol. The average molecular weight is 188 g/mol. The van der Waals surface area contributed by atoms with Crippen LogP contribution < -0.4 is 0 Å². The molecule has 0 atom stereocenters. The minimum atomic E-state index is 0.118. The van der Waals surface area contributed by atoms with Crippen LogP contribution in [-0.4, -0.2) is 9.97 Å². The number of rotatable bonds is 0. The highest BCUT2D eigenvalue weighted by Gasteiger charge is 2.15. The fourth-order valence-corrected chi connectivity index (χ4v) is 1.56. The van der Waals surface area contributed by atoms with Gasteiger partial charge in [0.2, 0.25) is 0 Å². The highest BCUT2D eigenvalue weighted by molar-refractivity contribution is 5.76. The molecule has 0 aliphatic carbocycles. The number of nitrogens with zero attached hydrogens (tertiary/aromatic N) is 1. The average Bonchev–Trinajstić information content (AvgIpc) is 2.41. The maximum absolute atomic E-state index is 4.61. The molecule has 2 rings (SSSR count). The highest BCUT2D eigenvalue weighted by atomic mass is 14.9. The zero-order valence-electron chi connectivity index (χ0n) is 9.18. The van der Waals surface area contributed by atoms with Gasteiger partial charge in [-0.1, -0.05) is 20.8 Å². The van der Waals surface area contributed by atoms with Crippen LogP contribution in [0.1, 0.15) is 32.2 Å². The highest BCUT2D eigenvalue weighted by Crippen LogP contribution is 2.22. The van der Waals surface area contributed by atoms with E-state index in [1.165, 1.54) is 11.1 Å².